The van der Waals surface area contributed by atoms with Crippen LogP contribution in [0.3, 0.4) is 0 Å². The maximum absolute atomic E-state index is 16.7. The van der Waals surface area contributed by atoms with Gasteiger partial charge in [-0.25, -0.2) is 0 Å². The summed E-state index contributed by atoms with van der Waals surface area (Å²) in [5, 5.41) is 21.6. The highest BCUT2D eigenvalue weighted by atomic mass is 19.2. The van der Waals surface area contributed by atoms with E-state index in [2.05, 4.69) is 5.32 Å². The zero-order valence-electron chi connectivity index (χ0n) is 23.2. The van der Waals surface area contributed by atoms with Crippen molar-refractivity contribution in [3.8, 4) is 17.9 Å². The topological polar surface area (TPSA) is 76.8 Å². The summed E-state index contributed by atoms with van der Waals surface area (Å²) >= 11 is 0. The predicted molar refractivity (Wildman–Crippen MR) is 159 cm³/mol. The minimum Gasteiger partial charge on any atom is -0.495 e. The highest BCUT2D eigenvalue weighted by Crippen LogP contribution is 2.45. The fourth-order valence-electron chi connectivity index (χ4n) is 5.66. The molecule has 1 N–H and O–H groups in total. The molecule has 2 aliphatic heterocycles. The Morgan fingerprint density at radius 2 is 1.80 bits per heavy atom. The van der Waals surface area contributed by atoms with Gasteiger partial charge in [-0.1, -0.05) is 43.3 Å². The van der Waals surface area contributed by atoms with Gasteiger partial charge in [0.1, 0.15) is 23.5 Å². The number of nitriles is 2. The molecule has 0 spiro atoms. The molecule has 1 aromatic heterocycles. The molecule has 0 aliphatic carbocycles. The lowest BCUT2D eigenvalue weighted by molar-refractivity contribution is -0.362. The zero-order valence-corrected chi connectivity index (χ0v) is 23.2. The van der Waals surface area contributed by atoms with E-state index in [1.807, 2.05) is 80.6 Å². The van der Waals surface area contributed by atoms with E-state index < -0.39 is 6.97 Å². The van der Waals surface area contributed by atoms with Crippen molar-refractivity contribution in [2.45, 2.75) is 20.3 Å². The molecule has 0 atom stereocenters. The minimum absolute atomic E-state index is 0.155. The molecule has 41 heavy (non-hydrogen) atoms. The van der Waals surface area contributed by atoms with Gasteiger partial charge in [0.2, 0.25) is 0 Å². The average molecular weight is 547 g/mol. The van der Waals surface area contributed by atoms with Crippen LogP contribution in [-0.4, -0.2) is 35.8 Å². The van der Waals surface area contributed by atoms with E-state index in [0.717, 1.165) is 32.4 Å². The van der Waals surface area contributed by atoms with Gasteiger partial charge < -0.3 is 27.6 Å². The van der Waals surface area contributed by atoms with Gasteiger partial charge in [0, 0.05) is 30.0 Å². The average Bonchev–Trinajstić information content (AvgIpc) is 3.54. The van der Waals surface area contributed by atoms with E-state index >= 15 is 8.63 Å². The summed E-state index contributed by atoms with van der Waals surface area (Å²) in [5.41, 5.74) is 6.16. The second-order valence-corrected chi connectivity index (χ2v) is 9.78. The maximum atomic E-state index is 16.7. The summed E-state index contributed by atoms with van der Waals surface area (Å²) in [7, 11) is 3.39. The number of anilines is 1. The van der Waals surface area contributed by atoms with Crippen LogP contribution in [0, 0.1) is 22.7 Å². The number of benzene rings is 2. The number of nitrogens with zero attached hydrogens (tertiary/aromatic N) is 4. The lowest BCUT2D eigenvalue weighted by Gasteiger charge is -2.32. The summed E-state index contributed by atoms with van der Waals surface area (Å²) in [6.07, 6.45) is 6.80. The summed E-state index contributed by atoms with van der Waals surface area (Å²) in [4.78, 5) is 0. The van der Waals surface area contributed by atoms with E-state index in [1.165, 1.54) is 16.8 Å². The second kappa shape index (κ2) is 10.8. The number of ether oxygens (including phenoxy) is 1. The monoisotopic (exact) mass is 547 g/mol. The summed E-state index contributed by atoms with van der Waals surface area (Å²) in [6, 6.07) is 20.3. The third kappa shape index (κ3) is 4.56. The highest BCUT2D eigenvalue weighted by molar-refractivity contribution is 6.58. The first-order valence-electron chi connectivity index (χ1n) is 13.3. The Balaban J connectivity index is 1.79. The second-order valence-electron chi connectivity index (χ2n) is 9.78. The summed E-state index contributed by atoms with van der Waals surface area (Å²) < 4.78 is 41.0. The Hall–Kier alpha value is -5.15. The molecule has 0 saturated heterocycles. The normalized spacial score (nSPS) is 15.4. The number of rotatable bonds is 7. The van der Waals surface area contributed by atoms with E-state index in [4.69, 9.17) is 4.74 Å². The number of hydrogen-bond donors (Lipinski definition) is 1. The van der Waals surface area contributed by atoms with Crippen LogP contribution >= 0.6 is 0 Å². The Kier molecular flexibility index (Phi) is 7.22. The van der Waals surface area contributed by atoms with Crippen molar-refractivity contribution < 1.29 is 17.9 Å². The lowest BCUT2D eigenvalue weighted by atomic mass is 9.85. The number of allylic oxidation sites excluding steroid dienone is 4. The van der Waals surface area contributed by atoms with Crippen LogP contribution in [0.1, 0.15) is 42.7 Å². The van der Waals surface area contributed by atoms with Crippen LogP contribution in [0.2, 0.25) is 0 Å². The molecule has 0 fully saturated rings. The van der Waals surface area contributed by atoms with Crippen molar-refractivity contribution in [1.82, 2.24) is 4.48 Å². The summed E-state index contributed by atoms with van der Waals surface area (Å²) in [6.45, 7) is -0.461. The highest BCUT2D eigenvalue weighted by Gasteiger charge is 2.55. The molecular formula is C32H28BF2N5O. The SMILES string of the molecule is CCC1=C(C)C2=C(c3ccccc3)c3cc(C=C(C#N)C#N)cn3[B-](F)(F)[N+]2=C1/C=C/c1ccc(NC)c(OC)c1. The molecular weight excluding hydrogens is 519 g/mol. The molecule has 6 nitrogen and oxygen atoms in total. The maximum Gasteiger partial charge on any atom is 0.737 e. The third-order valence-electron chi connectivity index (χ3n) is 7.52. The van der Waals surface area contributed by atoms with Crippen molar-refractivity contribution in [3.05, 3.63) is 112 Å². The van der Waals surface area contributed by atoms with E-state index in [9.17, 15) is 10.5 Å². The first kappa shape index (κ1) is 27.4. The molecule has 0 bridgehead atoms. The molecule has 3 heterocycles. The van der Waals surface area contributed by atoms with Crippen LogP contribution in [-0.2, 0) is 0 Å². The first-order chi connectivity index (χ1) is 19.8. The Labute approximate surface area is 238 Å². The molecule has 2 aliphatic rings. The fourth-order valence-corrected chi connectivity index (χ4v) is 5.66. The smallest absolute Gasteiger partial charge is 0.495 e. The zero-order chi connectivity index (χ0) is 29.3. The van der Waals surface area contributed by atoms with Crippen molar-refractivity contribution >= 4 is 36.1 Å². The molecule has 2 aromatic carbocycles. The number of aromatic nitrogens is 1. The van der Waals surface area contributed by atoms with Crippen molar-refractivity contribution in [2.24, 2.45) is 0 Å². The largest absolute Gasteiger partial charge is 0.737 e. The van der Waals surface area contributed by atoms with Gasteiger partial charge >= 0.3 is 6.97 Å². The number of halogens is 2. The van der Waals surface area contributed by atoms with Gasteiger partial charge in [0.15, 0.2) is 11.4 Å². The molecule has 204 valence electrons. The van der Waals surface area contributed by atoms with Crippen molar-refractivity contribution in [3.63, 3.8) is 0 Å². The molecule has 0 unspecified atom stereocenters. The number of hydrogen-bond acceptors (Lipinski definition) is 4. The fraction of sp³-hybridized carbons (Fsp3) is 0.156. The molecule has 5 rings (SSSR count). The van der Waals surface area contributed by atoms with Gasteiger partial charge in [-0.3, -0.25) is 0 Å². The van der Waals surface area contributed by atoms with Crippen LogP contribution < -0.4 is 10.1 Å². The first-order valence-corrected chi connectivity index (χ1v) is 13.3. The van der Waals surface area contributed by atoms with Gasteiger partial charge in [0.05, 0.1) is 18.4 Å². The van der Waals surface area contributed by atoms with Crippen LogP contribution in [0.25, 0.3) is 17.7 Å². The molecule has 0 saturated carbocycles. The predicted octanol–water partition coefficient (Wildman–Crippen LogP) is 6.87. The van der Waals surface area contributed by atoms with Crippen LogP contribution in [0.5, 0.6) is 5.75 Å². The standard InChI is InChI=1S/C32H28BF2N5O/c1-5-26-21(2)32-31(25-9-7-6-8-10-25)29-16-23(15-24(18-36)19-37)20-39(29)33(34,35)40(32)28(26)14-12-22-11-13-27(38-3)30(17-22)41-4/h6-17,20,38H,5H2,1-4H3/b14-12+. The Morgan fingerprint density at radius 1 is 1.07 bits per heavy atom. The van der Waals surface area contributed by atoms with E-state index in [1.54, 1.807) is 26.3 Å². The number of fused-ring (bicyclic) bond motifs is 2. The van der Waals surface area contributed by atoms with E-state index in [-0.39, 0.29) is 5.57 Å². The van der Waals surface area contributed by atoms with Crippen LogP contribution in [0.4, 0.5) is 14.3 Å². The molecule has 3 aromatic rings. The van der Waals surface area contributed by atoms with Crippen molar-refractivity contribution in [1.29, 1.82) is 10.5 Å². The number of nitrogens with one attached hydrogen (secondary N) is 1. The molecule has 9 heteroatoms. The third-order valence-corrected chi connectivity index (χ3v) is 7.52. The molecule has 0 radical (unpaired) electrons. The Morgan fingerprint density at radius 3 is 2.44 bits per heavy atom. The van der Waals surface area contributed by atoms with Gasteiger partial charge in [-0.05, 0) is 66.6 Å². The van der Waals surface area contributed by atoms with E-state index in [0.29, 0.717) is 40.4 Å². The minimum atomic E-state index is -4.33. The number of methoxy groups -OCH3 is 1. The van der Waals surface area contributed by atoms with Gasteiger partial charge in [-0.15, -0.1) is 0 Å². The van der Waals surface area contributed by atoms with Crippen molar-refractivity contribution in [2.75, 3.05) is 19.5 Å². The van der Waals surface area contributed by atoms with Crippen LogP contribution in [0.15, 0.2) is 89.3 Å². The Bertz CT molecular complexity index is 1780. The lowest BCUT2D eigenvalue weighted by Crippen LogP contribution is -2.50. The van der Waals surface area contributed by atoms with Gasteiger partial charge in [0.25, 0.3) is 0 Å². The molecule has 0 amide bonds. The quantitative estimate of drug-likeness (QED) is 0.259. The summed E-state index contributed by atoms with van der Waals surface area (Å²) in [5.74, 6) is 0.652. The van der Waals surface area contributed by atoms with Gasteiger partial charge in [-0.2, -0.15) is 10.5 Å².